The number of halogens is 3. The molecule has 2 heterocycles. The Bertz CT molecular complexity index is 1020. The second kappa shape index (κ2) is 8.02. The highest BCUT2D eigenvalue weighted by Crippen LogP contribution is 2.30. The highest BCUT2D eigenvalue weighted by molar-refractivity contribution is 7.89. The molecule has 1 saturated heterocycles. The van der Waals surface area contributed by atoms with Gasteiger partial charge in [0.25, 0.3) is 5.91 Å². The molecule has 1 amide bonds. The molecule has 1 aliphatic rings. The highest BCUT2D eigenvalue weighted by atomic mass is 35.5. The molecule has 1 aliphatic heterocycles. The van der Waals surface area contributed by atoms with E-state index >= 15 is 0 Å². The second-order valence-electron chi connectivity index (χ2n) is 6.63. The molecule has 3 rings (SSSR count). The van der Waals surface area contributed by atoms with E-state index in [4.69, 9.17) is 27.6 Å². The van der Waals surface area contributed by atoms with Crippen LogP contribution >= 0.6 is 23.2 Å². The van der Waals surface area contributed by atoms with Crippen molar-refractivity contribution in [2.24, 2.45) is 0 Å². The number of nitrogens with zero attached hydrogens (tertiary/aromatic N) is 1. The van der Waals surface area contributed by atoms with Crippen molar-refractivity contribution < 1.29 is 22.0 Å². The molecule has 2 aromatic rings. The molecule has 1 fully saturated rings. The van der Waals surface area contributed by atoms with Crippen molar-refractivity contribution in [3.8, 4) is 0 Å². The van der Waals surface area contributed by atoms with Crippen molar-refractivity contribution in [3.05, 3.63) is 51.1 Å². The predicted molar refractivity (Wildman–Crippen MR) is 104 cm³/mol. The van der Waals surface area contributed by atoms with Crippen LogP contribution in [0.2, 0.25) is 10.0 Å². The number of carbonyl (C=O) groups excluding carboxylic acids is 1. The van der Waals surface area contributed by atoms with Crippen molar-refractivity contribution in [3.63, 3.8) is 0 Å². The van der Waals surface area contributed by atoms with Gasteiger partial charge in [0.05, 0.1) is 11.1 Å². The van der Waals surface area contributed by atoms with Gasteiger partial charge in [-0.15, -0.1) is 0 Å². The van der Waals surface area contributed by atoms with E-state index in [0.717, 1.165) is 18.9 Å². The van der Waals surface area contributed by atoms with Crippen molar-refractivity contribution >= 4 is 39.1 Å². The summed E-state index contributed by atoms with van der Waals surface area (Å²) in [6.45, 7) is 4.01. The Labute approximate surface area is 172 Å². The van der Waals surface area contributed by atoms with Crippen molar-refractivity contribution in [2.75, 3.05) is 13.1 Å². The summed E-state index contributed by atoms with van der Waals surface area (Å²) in [6.07, 6.45) is 1.61. The van der Waals surface area contributed by atoms with Crippen LogP contribution in [-0.4, -0.2) is 31.7 Å². The van der Waals surface area contributed by atoms with Crippen LogP contribution in [0.4, 0.5) is 4.39 Å². The smallest absolute Gasteiger partial charge is 0.287 e. The molecule has 1 unspecified atom stereocenters. The van der Waals surface area contributed by atoms with Gasteiger partial charge in [0.15, 0.2) is 5.76 Å². The first kappa shape index (κ1) is 21.1. The van der Waals surface area contributed by atoms with Crippen molar-refractivity contribution in [1.82, 2.24) is 9.62 Å². The van der Waals surface area contributed by atoms with E-state index in [1.165, 1.54) is 23.4 Å². The molecule has 28 heavy (non-hydrogen) atoms. The Balaban J connectivity index is 1.81. The summed E-state index contributed by atoms with van der Waals surface area (Å²) in [7, 11) is -3.71. The van der Waals surface area contributed by atoms with Crippen molar-refractivity contribution in [1.29, 1.82) is 0 Å². The van der Waals surface area contributed by atoms with Crippen LogP contribution in [0.25, 0.3) is 0 Å². The zero-order valence-electron chi connectivity index (χ0n) is 15.3. The number of carbonyl (C=O) groups is 1. The largest absolute Gasteiger partial charge is 0.455 e. The number of amides is 1. The lowest BCUT2D eigenvalue weighted by Gasteiger charge is -2.15. The summed E-state index contributed by atoms with van der Waals surface area (Å²) in [4.78, 5) is 12.5. The second-order valence-corrected chi connectivity index (χ2v) is 9.35. The molecule has 10 heteroatoms. The highest BCUT2D eigenvalue weighted by Gasteiger charge is 2.32. The average molecular weight is 449 g/mol. The minimum atomic E-state index is -3.71. The van der Waals surface area contributed by atoms with Crippen LogP contribution in [0.1, 0.15) is 47.7 Å². The number of sulfonamides is 1. The summed E-state index contributed by atoms with van der Waals surface area (Å²) in [5.74, 6) is -1.30. The van der Waals surface area contributed by atoms with Gasteiger partial charge in [0.1, 0.15) is 16.5 Å². The average Bonchev–Trinajstić information content (AvgIpc) is 3.28. The molecule has 1 atom stereocenters. The Morgan fingerprint density at radius 3 is 2.50 bits per heavy atom. The maximum Gasteiger partial charge on any atom is 0.287 e. The number of hydrogen-bond acceptors (Lipinski definition) is 4. The maximum absolute atomic E-state index is 13.7. The Morgan fingerprint density at radius 2 is 1.86 bits per heavy atom. The van der Waals surface area contributed by atoms with Gasteiger partial charge in [-0.3, -0.25) is 4.79 Å². The monoisotopic (exact) mass is 448 g/mol. The minimum absolute atomic E-state index is 0.0252. The lowest BCUT2D eigenvalue weighted by Crippen LogP contribution is -2.28. The minimum Gasteiger partial charge on any atom is -0.455 e. The number of nitrogens with one attached hydrogen (secondary N) is 1. The molecule has 152 valence electrons. The van der Waals surface area contributed by atoms with Gasteiger partial charge < -0.3 is 9.73 Å². The summed E-state index contributed by atoms with van der Waals surface area (Å²) >= 11 is 11.8. The van der Waals surface area contributed by atoms with Gasteiger partial charge in [0, 0.05) is 24.2 Å². The summed E-state index contributed by atoms with van der Waals surface area (Å²) in [5.41, 5.74) is 0.338. The number of furan rings is 1. The third-order valence-corrected chi connectivity index (χ3v) is 7.26. The molecule has 1 aromatic heterocycles. The molecule has 6 nitrogen and oxygen atoms in total. The lowest BCUT2D eigenvalue weighted by molar-refractivity contribution is 0.0910. The zero-order valence-corrected chi connectivity index (χ0v) is 17.6. The van der Waals surface area contributed by atoms with Crippen LogP contribution in [0.5, 0.6) is 0 Å². The molecule has 1 N–H and O–H groups in total. The fourth-order valence-corrected chi connectivity index (χ4v) is 5.34. The quantitative estimate of drug-likeness (QED) is 0.690. The number of rotatable bonds is 5. The predicted octanol–water partition coefficient (Wildman–Crippen LogP) is 4.31. The fraction of sp³-hybridized carbons (Fsp3) is 0.389. The first-order valence-electron chi connectivity index (χ1n) is 8.67. The molecular formula is C18H19Cl2FN2O4S. The molecule has 0 bridgehead atoms. The first-order chi connectivity index (χ1) is 13.1. The summed E-state index contributed by atoms with van der Waals surface area (Å²) in [5, 5.41) is 2.71. The molecule has 0 aliphatic carbocycles. The van der Waals surface area contributed by atoms with Crippen LogP contribution in [0.15, 0.2) is 27.5 Å². The van der Waals surface area contributed by atoms with Crippen LogP contribution in [0.3, 0.4) is 0 Å². The van der Waals surface area contributed by atoms with Gasteiger partial charge in [-0.2, -0.15) is 4.31 Å². The molecule has 0 spiro atoms. The normalized spacial score (nSPS) is 16.3. The van der Waals surface area contributed by atoms with Gasteiger partial charge in [0.2, 0.25) is 10.0 Å². The van der Waals surface area contributed by atoms with Crippen LogP contribution in [0, 0.1) is 12.7 Å². The van der Waals surface area contributed by atoms with E-state index in [1.807, 2.05) is 0 Å². The number of aryl methyl sites for hydroxylation is 1. The molecule has 0 saturated carbocycles. The van der Waals surface area contributed by atoms with E-state index < -0.39 is 27.8 Å². The molecular weight excluding hydrogens is 430 g/mol. The fourth-order valence-electron chi connectivity index (χ4n) is 3.12. The van der Waals surface area contributed by atoms with Gasteiger partial charge >= 0.3 is 0 Å². The molecule has 0 radical (unpaired) electrons. The summed E-state index contributed by atoms with van der Waals surface area (Å²) < 4.78 is 45.9. The van der Waals surface area contributed by atoms with Gasteiger partial charge in [-0.1, -0.05) is 23.2 Å². The van der Waals surface area contributed by atoms with Gasteiger partial charge in [-0.25, -0.2) is 12.8 Å². The van der Waals surface area contributed by atoms with E-state index in [2.05, 4.69) is 5.32 Å². The molecule has 1 aromatic carbocycles. The summed E-state index contributed by atoms with van der Waals surface area (Å²) in [6, 6.07) is 2.96. The van der Waals surface area contributed by atoms with Crippen molar-refractivity contribution in [2.45, 2.75) is 37.6 Å². The topological polar surface area (TPSA) is 79.6 Å². The van der Waals surface area contributed by atoms with Gasteiger partial charge in [-0.05, 0) is 44.4 Å². The Hall–Kier alpha value is -1.61. The van der Waals surface area contributed by atoms with E-state index in [-0.39, 0.29) is 26.5 Å². The third-order valence-electron chi connectivity index (χ3n) is 4.63. The standard InChI is InChI=1S/C18H19Cl2FN2O4S/c1-10(12-7-15(21)14(20)8-13(12)19)22-18(24)16-9-17(11(2)27-16)28(25,26)23-5-3-4-6-23/h7-10H,3-6H2,1-2H3,(H,22,24). The van der Waals surface area contributed by atoms with E-state index in [9.17, 15) is 17.6 Å². The van der Waals surface area contributed by atoms with Crippen LogP contribution < -0.4 is 5.32 Å². The van der Waals surface area contributed by atoms with E-state index in [0.29, 0.717) is 18.7 Å². The third kappa shape index (κ3) is 4.05. The zero-order chi connectivity index (χ0) is 20.6. The first-order valence-corrected chi connectivity index (χ1v) is 10.9. The van der Waals surface area contributed by atoms with E-state index in [1.54, 1.807) is 6.92 Å². The Morgan fingerprint density at radius 1 is 1.21 bits per heavy atom. The lowest BCUT2D eigenvalue weighted by atomic mass is 10.1. The SMILES string of the molecule is Cc1oc(C(=O)NC(C)c2cc(F)c(Cl)cc2Cl)cc1S(=O)(=O)N1CCCC1. The maximum atomic E-state index is 13.7. The number of benzene rings is 1. The van der Waals surface area contributed by atoms with Crippen LogP contribution in [-0.2, 0) is 10.0 Å². The number of hydrogen-bond donors (Lipinski definition) is 1. The Kier molecular flexibility index (Phi) is 6.05.